The predicted molar refractivity (Wildman–Crippen MR) is 121 cm³/mol. The van der Waals surface area contributed by atoms with Gasteiger partial charge in [0.05, 0.1) is 26.1 Å². The molecule has 1 aliphatic heterocycles. The van der Waals surface area contributed by atoms with Gasteiger partial charge in [-0.15, -0.1) is 0 Å². The first-order chi connectivity index (χ1) is 14.3. The fourth-order valence-corrected chi connectivity index (χ4v) is 10.4. The number of amides is 1. The van der Waals surface area contributed by atoms with Gasteiger partial charge in [0.1, 0.15) is 8.24 Å². The minimum Gasteiger partial charge on any atom is -0.467 e. The molecule has 2 atom stereocenters. The van der Waals surface area contributed by atoms with Crippen LogP contribution in [0.25, 0.3) is 0 Å². The van der Waals surface area contributed by atoms with Gasteiger partial charge in [0.15, 0.2) is 6.04 Å². The third-order valence-electron chi connectivity index (χ3n) is 6.06. The molecule has 1 unspecified atom stereocenters. The van der Waals surface area contributed by atoms with Crippen molar-refractivity contribution in [1.29, 1.82) is 0 Å². The van der Waals surface area contributed by atoms with Crippen molar-refractivity contribution in [2.45, 2.75) is 64.0 Å². The first-order valence-electron chi connectivity index (χ1n) is 10.3. The van der Waals surface area contributed by atoms with Crippen LogP contribution in [0.1, 0.15) is 32.8 Å². The molecule has 0 bridgehead atoms. The summed E-state index contributed by atoms with van der Waals surface area (Å²) in [5.41, 5.74) is 0.946. The van der Waals surface area contributed by atoms with E-state index in [-0.39, 0.29) is 23.8 Å². The van der Waals surface area contributed by atoms with Crippen LogP contribution in [-0.2, 0) is 35.7 Å². The Bertz CT molecular complexity index is 883. The van der Waals surface area contributed by atoms with Gasteiger partial charge in [-0.1, -0.05) is 64.2 Å². The van der Waals surface area contributed by atoms with Crippen LogP contribution in [0.5, 0.6) is 0 Å². The third-order valence-corrected chi connectivity index (χ3v) is 15.1. The molecule has 0 aromatic heterocycles. The van der Waals surface area contributed by atoms with E-state index in [0.29, 0.717) is 6.61 Å². The van der Waals surface area contributed by atoms with Crippen molar-refractivity contribution < 1.29 is 27.5 Å². The Labute approximate surface area is 186 Å². The zero-order chi connectivity index (χ0) is 23.4. The molecule has 1 aromatic rings. The standard InChI is InChI=1S/C21H34N2O6SSi/c1-21(2,3)31(5,6)23-17(15-30(23,26)27)12-19(24)22-18(20(25)28-4)14-29-13-16-10-8-7-9-11-16/h7-11,17-18H,12-15H2,1-6H3,(H,22,24)/t17?,18-/m0/s1. The molecule has 1 aromatic carbocycles. The molecule has 0 aliphatic carbocycles. The van der Waals surface area contributed by atoms with E-state index in [1.165, 1.54) is 7.11 Å². The third kappa shape index (κ3) is 6.15. The molecule has 1 N–H and O–H groups in total. The highest BCUT2D eigenvalue weighted by molar-refractivity contribution is 7.92. The van der Waals surface area contributed by atoms with E-state index < -0.39 is 42.2 Å². The number of carbonyl (C=O) groups is 2. The Balaban J connectivity index is 1.99. The number of benzene rings is 1. The van der Waals surface area contributed by atoms with Crippen LogP contribution < -0.4 is 5.32 Å². The molecule has 8 nitrogen and oxygen atoms in total. The fraction of sp³-hybridized carbons (Fsp3) is 0.619. The first-order valence-corrected chi connectivity index (χ1v) is 14.9. The van der Waals surface area contributed by atoms with Crippen molar-refractivity contribution in [2.75, 3.05) is 19.5 Å². The Hall–Kier alpha value is -1.75. The van der Waals surface area contributed by atoms with Gasteiger partial charge in [0.25, 0.3) is 0 Å². The second kappa shape index (κ2) is 9.80. The largest absolute Gasteiger partial charge is 0.467 e. The average Bonchev–Trinajstić information content (AvgIpc) is 2.65. The molecule has 1 aliphatic rings. The molecule has 0 saturated carbocycles. The van der Waals surface area contributed by atoms with Crippen LogP contribution in [0.2, 0.25) is 18.1 Å². The summed E-state index contributed by atoms with van der Waals surface area (Å²) in [5, 5.41) is 2.46. The molecular formula is C21H34N2O6SSi. The Kier molecular flexibility index (Phi) is 8.07. The summed E-state index contributed by atoms with van der Waals surface area (Å²) in [6.45, 7) is 10.4. The van der Waals surface area contributed by atoms with Crippen molar-refractivity contribution in [3.63, 3.8) is 0 Å². The monoisotopic (exact) mass is 470 g/mol. The van der Waals surface area contributed by atoms with Gasteiger partial charge < -0.3 is 14.8 Å². The summed E-state index contributed by atoms with van der Waals surface area (Å²) in [5.74, 6) is -1.06. The lowest BCUT2D eigenvalue weighted by Gasteiger charge is -2.53. The van der Waals surface area contributed by atoms with Gasteiger partial charge >= 0.3 is 5.97 Å². The van der Waals surface area contributed by atoms with Crippen molar-refractivity contribution in [1.82, 2.24) is 9.29 Å². The lowest BCUT2D eigenvalue weighted by molar-refractivity contribution is -0.147. The summed E-state index contributed by atoms with van der Waals surface area (Å²) in [7, 11) is -4.47. The quantitative estimate of drug-likeness (QED) is 0.439. The number of rotatable bonds is 9. The van der Waals surface area contributed by atoms with Crippen molar-refractivity contribution >= 4 is 30.1 Å². The molecule has 31 heavy (non-hydrogen) atoms. The maximum Gasteiger partial charge on any atom is 0.330 e. The van der Waals surface area contributed by atoms with Crippen molar-refractivity contribution in [3.05, 3.63) is 35.9 Å². The molecule has 0 radical (unpaired) electrons. The highest BCUT2D eigenvalue weighted by Gasteiger charge is 2.56. The molecule has 0 spiro atoms. The van der Waals surface area contributed by atoms with Crippen LogP contribution in [0, 0.1) is 0 Å². The number of nitrogens with zero attached hydrogens (tertiary/aromatic N) is 1. The molecule has 1 fully saturated rings. The molecular weight excluding hydrogens is 436 g/mol. The smallest absolute Gasteiger partial charge is 0.330 e. The van der Waals surface area contributed by atoms with E-state index in [1.54, 1.807) is 3.97 Å². The van der Waals surface area contributed by atoms with Crippen molar-refractivity contribution in [3.8, 4) is 0 Å². The lowest BCUT2D eigenvalue weighted by Crippen LogP contribution is -2.70. The number of nitrogens with one attached hydrogen (secondary N) is 1. The minimum absolute atomic E-state index is 0.00206. The predicted octanol–water partition coefficient (Wildman–Crippen LogP) is 2.27. The van der Waals surface area contributed by atoms with E-state index in [1.807, 2.05) is 64.2 Å². The van der Waals surface area contributed by atoms with Gasteiger partial charge in [0.2, 0.25) is 15.9 Å². The second-order valence-electron chi connectivity index (χ2n) is 9.39. The summed E-state index contributed by atoms with van der Waals surface area (Å²) in [6, 6.07) is 8.12. The number of hydrogen-bond donors (Lipinski definition) is 1. The number of esters is 1. The minimum atomic E-state index is -3.35. The van der Waals surface area contributed by atoms with Crippen LogP contribution in [0.15, 0.2) is 30.3 Å². The lowest BCUT2D eigenvalue weighted by atomic mass is 10.2. The van der Waals surface area contributed by atoms with Crippen LogP contribution >= 0.6 is 0 Å². The highest BCUT2D eigenvalue weighted by Crippen LogP contribution is 2.44. The number of hydrogen-bond acceptors (Lipinski definition) is 6. The van der Waals surface area contributed by atoms with E-state index in [4.69, 9.17) is 9.47 Å². The normalized spacial score (nSPS) is 19.9. The van der Waals surface area contributed by atoms with Gasteiger partial charge in [-0.25, -0.2) is 17.2 Å². The molecule has 1 amide bonds. The summed E-state index contributed by atoms with van der Waals surface area (Å²) < 4.78 is 36.9. The molecule has 1 saturated heterocycles. The van der Waals surface area contributed by atoms with Crippen LogP contribution in [0.3, 0.4) is 0 Å². The Morgan fingerprint density at radius 2 is 1.84 bits per heavy atom. The van der Waals surface area contributed by atoms with Crippen LogP contribution in [-0.4, -0.2) is 64.1 Å². The number of sulfonamides is 1. The van der Waals surface area contributed by atoms with E-state index >= 15 is 0 Å². The zero-order valence-corrected chi connectivity index (χ0v) is 21.0. The Morgan fingerprint density at radius 3 is 2.35 bits per heavy atom. The molecule has 174 valence electrons. The summed E-state index contributed by atoms with van der Waals surface area (Å²) in [6.07, 6.45) is -0.00206. The fourth-order valence-electron chi connectivity index (χ4n) is 3.46. The van der Waals surface area contributed by atoms with Crippen LogP contribution in [0.4, 0.5) is 0 Å². The topological polar surface area (TPSA) is 102 Å². The van der Waals surface area contributed by atoms with Gasteiger partial charge in [-0.3, -0.25) is 4.79 Å². The zero-order valence-electron chi connectivity index (χ0n) is 19.2. The second-order valence-corrected chi connectivity index (χ2v) is 16.7. The van der Waals surface area contributed by atoms with E-state index in [0.717, 1.165) is 5.56 Å². The molecule has 10 heteroatoms. The van der Waals surface area contributed by atoms with Gasteiger partial charge in [-0.2, -0.15) is 0 Å². The number of ether oxygens (including phenoxy) is 2. The number of carbonyl (C=O) groups excluding carboxylic acids is 2. The maximum atomic E-state index is 12.7. The maximum absolute atomic E-state index is 12.7. The summed E-state index contributed by atoms with van der Waals surface area (Å²) in [4.78, 5) is 24.8. The molecule has 2 rings (SSSR count). The summed E-state index contributed by atoms with van der Waals surface area (Å²) >= 11 is 0. The van der Waals surface area contributed by atoms with Gasteiger partial charge in [-0.05, 0) is 10.6 Å². The van der Waals surface area contributed by atoms with Crippen molar-refractivity contribution in [2.24, 2.45) is 0 Å². The van der Waals surface area contributed by atoms with E-state index in [9.17, 15) is 18.0 Å². The molecule has 1 heterocycles. The average molecular weight is 471 g/mol. The Morgan fingerprint density at radius 1 is 1.23 bits per heavy atom. The SMILES string of the molecule is COC(=O)[C@H](COCc1ccccc1)NC(=O)CC1CS(=O)(=O)N1[Si](C)(C)C(C)(C)C. The first kappa shape index (κ1) is 25.5. The van der Waals surface area contributed by atoms with E-state index in [2.05, 4.69) is 5.32 Å². The number of methoxy groups -OCH3 is 1. The highest BCUT2D eigenvalue weighted by atomic mass is 32.2. The van der Waals surface area contributed by atoms with Gasteiger partial charge in [0, 0.05) is 12.5 Å².